The Morgan fingerprint density at radius 1 is 1.67 bits per heavy atom. The highest BCUT2D eigenvalue weighted by atomic mass is 16.4. The van der Waals surface area contributed by atoms with Crippen molar-refractivity contribution in [2.24, 2.45) is 0 Å². The zero-order valence-electron chi connectivity index (χ0n) is 9.15. The summed E-state index contributed by atoms with van der Waals surface area (Å²) in [7, 11) is 0. The van der Waals surface area contributed by atoms with Gasteiger partial charge in [-0.3, -0.25) is 9.69 Å². The predicted molar refractivity (Wildman–Crippen MR) is 56.3 cm³/mol. The highest BCUT2D eigenvalue weighted by Gasteiger charge is 2.32. The van der Waals surface area contributed by atoms with Crippen LogP contribution in [0.5, 0.6) is 0 Å². The van der Waals surface area contributed by atoms with E-state index in [2.05, 4.69) is 6.07 Å². The number of carboxylic acid groups (broad SMARTS) is 1. The topological polar surface area (TPSA) is 64.3 Å². The van der Waals surface area contributed by atoms with E-state index in [1.807, 2.05) is 11.8 Å². The van der Waals surface area contributed by atoms with Crippen LogP contribution in [-0.2, 0) is 4.79 Å². The Kier molecular flexibility index (Phi) is 4.57. The van der Waals surface area contributed by atoms with Crippen molar-refractivity contribution < 1.29 is 9.90 Å². The lowest BCUT2D eigenvalue weighted by Gasteiger charge is -2.35. The molecule has 1 fully saturated rings. The Morgan fingerprint density at radius 2 is 2.40 bits per heavy atom. The summed E-state index contributed by atoms with van der Waals surface area (Å²) in [4.78, 5) is 13.0. The highest BCUT2D eigenvalue weighted by Crippen LogP contribution is 2.21. The molecule has 0 aliphatic carbocycles. The van der Waals surface area contributed by atoms with Crippen LogP contribution in [0.1, 0.15) is 39.0 Å². The number of likely N-dealkylation sites (tertiary alicyclic amines) is 1. The van der Waals surface area contributed by atoms with Crippen LogP contribution in [0, 0.1) is 11.3 Å². The van der Waals surface area contributed by atoms with Gasteiger partial charge in [-0.15, -0.1) is 0 Å². The first-order chi connectivity index (χ1) is 7.20. The normalized spacial score (nSPS) is 24.4. The molecule has 1 heterocycles. The monoisotopic (exact) mass is 210 g/mol. The van der Waals surface area contributed by atoms with Crippen LogP contribution in [0.15, 0.2) is 0 Å². The van der Waals surface area contributed by atoms with Crippen molar-refractivity contribution in [1.29, 1.82) is 5.26 Å². The molecule has 0 bridgehead atoms. The Hall–Kier alpha value is -1.08. The molecule has 1 aliphatic rings. The first-order valence-electron chi connectivity index (χ1n) is 5.58. The van der Waals surface area contributed by atoms with Gasteiger partial charge in [-0.2, -0.15) is 5.26 Å². The molecule has 0 saturated carbocycles. The van der Waals surface area contributed by atoms with Crippen LogP contribution in [0.4, 0.5) is 0 Å². The minimum Gasteiger partial charge on any atom is -0.480 e. The van der Waals surface area contributed by atoms with Gasteiger partial charge in [-0.25, -0.2) is 0 Å². The second-order valence-corrected chi connectivity index (χ2v) is 4.02. The van der Waals surface area contributed by atoms with E-state index in [1.165, 1.54) is 0 Å². The van der Waals surface area contributed by atoms with Gasteiger partial charge in [0.15, 0.2) is 0 Å². The van der Waals surface area contributed by atoms with E-state index < -0.39 is 12.0 Å². The van der Waals surface area contributed by atoms with Crippen molar-refractivity contribution in [3.05, 3.63) is 0 Å². The molecular formula is C11H18N2O2. The van der Waals surface area contributed by atoms with E-state index in [-0.39, 0.29) is 6.04 Å². The average Bonchev–Trinajstić information content (AvgIpc) is 2.25. The Morgan fingerprint density at radius 3 is 2.93 bits per heavy atom. The largest absolute Gasteiger partial charge is 0.480 e. The third-order valence-corrected chi connectivity index (χ3v) is 2.94. The number of nitriles is 1. The van der Waals surface area contributed by atoms with Crippen molar-refractivity contribution >= 4 is 5.97 Å². The molecule has 2 atom stereocenters. The number of carbonyl (C=O) groups is 1. The van der Waals surface area contributed by atoms with Crippen LogP contribution < -0.4 is 0 Å². The van der Waals surface area contributed by atoms with E-state index in [4.69, 9.17) is 10.4 Å². The molecule has 0 spiro atoms. The molecule has 0 radical (unpaired) electrons. The minimum atomic E-state index is -0.793. The zero-order chi connectivity index (χ0) is 11.3. The number of carboxylic acids is 1. The minimum absolute atomic E-state index is 0.202. The maximum atomic E-state index is 11.1. The third kappa shape index (κ3) is 2.93. The van der Waals surface area contributed by atoms with E-state index in [0.29, 0.717) is 6.42 Å². The predicted octanol–water partition coefficient (Wildman–Crippen LogP) is 1.62. The number of nitrogens with zero attached hydrogens (tertiary/aromatic N) is 2. The van der Waals surface area contributed by atoms with E-state index >= 15 is 0 Å². The highest BCUT2D eigenvalue weighted by molar-refractivity contribution is 5.73. The van der Waals surface area contributed by atoms with Gasteiger partial charge < -0.3 is 5.11 Å². The molecule has 15 heavy (non-hydrogen) atoms. The lowest BCUT2D eigenvalue weighted by atomic mass is 9.99. The molecule has 0 aromatic carbocycles. The lowest BCUT2D eigenvalue weighted by Crippen LogP contribution is -2.49. The van der Waals surface area contributed by atoms with Gasteiger partial charge in [-0.1, -0.05) is 13.3 Å². The van der Waals surface area contributed by atoms with Gasteiger partial charge in [0.2, 0.25) is 0 Å². The third-order valence-electron chi connectivity index (χ3n) is 2.94. The number of hydrogen-bond donors (Lipinski definition) is 1. The molecule has 4 nitrogen and oxygen atoms in total. The lowest BCUT2D eigenvalue weighted by molar-refractivity contribution is -0.144. The Bertz CT molecular complexity index is 260. The van der Waals surface area contributed by atoms with Crippen molar-refractivity contribution in [2.75, 3.05) is 6.54 Å². The van der Waals surface area contributed by atoms with Gasteiger partial charge in [0.1, 0.15) is 6.04 Å². The smallest absolute Gasteiger partial charge is 0.320 e. The van der Waals surface area contributed by atoms with Crippen molar-refractivity contribution in [2.45, 2.75) is 51.1 Å². The van der Waals surface area contributed by atoms with Gasteiger partial charge in [0, 0.05) is 6.54 Å². The molecule has 1 saturated heterocycles. The fraction of sp³-hybridized carbons (Fsp3) is 0.818. The van der Waals surface area contributed by atoms with Gasteiger partial charge >= 0.3 is 5.97 Å². The molecule has 0 aromatic heterocycles. The van der Waals surface area contributed by atoms with Crippen LogP contribution in [-0.4, -0.2) is 34.6 Å². The van der Waals surface area contributed by atoms with Crippen molar-refractivity contribution in [3.63, 3.8) is 0 Å². The fourth-order valence-electron chi connectivity index (χ4n) is 2.17. The molecule has 2 unspecified atom stereocenters. The van der Waals surface area contributed by atoms with Gasteiger partial charge in [0.25, 0.3) is 0 Å². The molecule has 84 valence electrons. The van der Waals surface area contributed by atoms with Crippen LogP contribution in [0.3, 0.4) is 0 Å². The molecule has 0 amide bonds. The zero-order valence-corrected chi connectivity index (χ0v) is 9.15. The van der Waals surface area contributed by atoms with Crippen LogP contribution >= 0.6 is 0 Å². The first-order valence-corrected chi connectivity index (χ1v) is 5.58. The summed E-state index contributed by atoms with van der Waals surface area (Å²) in [5.41, 5.74) is 0. The second-order valence-electron chi connectivity index (χ2n) is 4.02. The molecular weight excluding hydrogens is 192 g/mol. The summed E-state index contributed by atoms with van der Waals surface area (Å²) in [6.07, 6.45) is 4.32. The first kappa shape index (κ1) is 12.0. The van der Waals surface area contributed by atoms with Crippen LogP contribution in [0.25, 0.3) is 0 Å². The molecule has 1 aliphatic heterocycles. The molecule has 0 aromatic rings. The number of piperidine rings is 1. The van der Waals surface area contributed by atoms with E-state index in [0.717, 1.165) is 32.2 Å². The van der Waals surface area contributed by atoms with Crippen LogP contribution in [0.2, 0.25) is 0 Å². The van der Waals surface area contributed by atoms with E-state index in [9.17, 15) is 4.79 Å². The summed E-state index contributed by atoms with van der Waals surface area (Å²) >= 11 is 0. The Balaban J connectivity index is 2.71. The number of hydrogen-bond acceptors (Lipinski definition) is 3. The number of rotatable bonds is 4. The molecule has 1 rings (SSSR count). The fourth-order valence-corrected chi connectivity index (χ4v) is 2.17. The van der Waals surface area contributed by atoms with Crippen molar-refractivity contribution in [1.82, 2.24) is 4.90 Å². The summed E-state index contributed by atoms with van der Waals surface area (Å²) in [6, 6.07) is 1.54. The van der Waals surface area contributed by atoms with Gasteiger partial charge in [-0.05, 0) is 25.7 Å². The second kappa shape index (κ2) is 5.72. The number of aliphatic carboxylic acids is 1. The van der Waals surface area contributed by atoms with Gasteiger partial charge in [0.05, 0.1) is 12.1 Å². The standard InChI is InChI=1S/C11H18N2O2/c1-2-5-10(11(14)15)13-7-4-3-6-9(13)8-12/h9-10H,2-7H2,1H3,(H,14,15). The summed E-state index contributed by atoms with van der Waals surface area (Å²) < 4.78 is 0. The van der Waals surface area contributed by atoms with Crippen molar-refractivity contribution in [3.8, 4) is 6.07 Å². The summed E-state index contributed by atoms with van der Waals surface area (Å²) in [6.45, 7) is 2.72. The van der Waals surface area contributed by atoms with E-state index in [1.54, 1.807) is 0 Å². The Labute approximate surface area is 90.5 Å². The maximum Gasteiger partial charge on any atom is 0.320 e. The quantitative estimate of drug-likeness (QED) is 0.765. The summed E-state index contributed by atoms with van der Waals surface area (Å²) in [5.74, 6) is -0.793. The maximum absolute atomic E-state index is 11.1. The molecule has 4 heteroatoms. The summed E-state index contributed by atoms with van der Waals surface area (Å²) in [5, 5.41) is 18.1. The average molecular weight is 210 g/mol. The SMILES string of the molecule is CCCC(C(=O)O)N1CCCCC1C#N. The molecule has 1 N–H and O–H groups in total.